The maximum Gasteiger partial charge on any atom is 0.238 e. The van der Waals surface area contributed by atoms with Crippen molar-refractivity contribution >= 4 is 32.6 Å². The van der Waals surface area contributed by atoms with Gasteiger partial charge in [-0.3, -0.25) is 4.57 Å². The maximum atomic E-state index is 8.66. The zero-order chi connectivity index (χ0) is 43.5. The van der Waals surface area contributed by atoms with Crippen LogP contribution in [0.2, 0.25) is 0 Å². The molecule has 0 unspecified atom stereocenters. The molecule has 0 radical (unpaired) electrons. The number of fused-ring (bicyclic) bond motifs is 4. The average molecular weight is 758 g/mol. The molecule has 0 aliphatic rings. The van der Waals surface area contributed by atoms with E-state index in [2.05, 4.69) is 109 Å². The molecule has 2 aromatic heterocycles. The topological polar surface area (TPSA) is 43.6 Å². The van der Waals surface area contributed by atoms with Crippen molar-refractivity contribution in [3.63, 3.8) is 0 Å². The summed E-state index contributed by atoms with van der Waals surface area (Å²) < 4.78 is 44.1. The van der Waals surface area contributed by atoms with E-state index >= 15 is 0 Å². The molecule has 11 aromatic rings. The van der Waals surface area contributed by atoms with Crippen molar-refractivity contribution in [2.45, 2.75) is 0 Å². The molecule has 59 heavy (non-hydrogen) atoms. The smallest absolute Gasteiger partial charge is 0.238 e. The Morgan fingerprint density at radius 3 is 1.53 bits per heavy atom. The fourth-order valence-corrected chi connectivity index (χ4v) is 8.14. The molecule has 0 saturated heterocycles. The first-order chi connectivity index (χ1) is 31.3. The SMILES string of the molecule is [2H]c1c([2H])c([2H])c(-c2ccc3c(c2)c2ccccc2n3-c2nc(-c3ccccc3)nc(-c3ccc(-c4cccc5cccc(-c6ccc(-c7ccccc7)cc6)c45)cc3)n2)c([2H])c1[2H]. The highest BCUT2D eigenvalue weighted by Crippen LogP contribution is 2.39. The van der Waals surface area contributed by atoms with Gasteiger partial charge in [-0.2, -0.15) is 9.97 Å². The molecule has 0 spiro atoms. The molecule has 9 aromatic carbocycles. The first kappa shape index (κ1) is 29.3. The summed E-state index contributed by atoms with van der Waals surface area (Å²) in [4.78, 5) is 15.3. The summed E-state index contributed by atoms with van der Waals surface area (Å²) in [6, 6.07) is 62.3. The third kappa shape index (κ3) is 6.24. The predicted molar refractivity (Wildman–Crippen MR) is 244 cm³/mol. The van der Waals surface area contributed by atoms with Crippen molar-refractivity contribution in [1.29, 1.82) is 0 Å². The van der Waals surface area contributed by atoms with E-state index in [4.69, 9.17) is 21.8 Å². The third-order valence-corrected chi connectivity index (χ3v) is 11.0. The summed E-state index contributed by atoms with van der Waals surface area (Å²) in [5.41, 5.74) is 10.9. The Kier molecular flexibility index (Phi) is 7.22. The van der Waals surface area contributed by atoms with Crippen LogP contribution < -0.4 is 0 Å². The van der Waals surface area contributed by atoms with Gasteiger partial charge in [0.05, 0.1) is 17.9 Å². The fraction of sp³-hybridized carbons (Fsp3) is 0. The third-order valence-electron chi connectivity index (χ3n) is 11.0. The van der Waals surface area contributed by atoms with Crippen molar-refractivity contribution in [3.8, 4) is 73.2 Å². The molecule has 0 fully saturated rings. The average Bonchev–Trinajstić information content (AvgIpc) is 3.69. The van der Waals surface area contributed by atoms with Crippen LogP contribution in [0.15, 0.2) is 218 Å². The first-order valence-electron chi connectivity index (χ1n) is 22.0. The molecule has 0 aliphatic heterocycles. The van der Waals surface area contributed by atoms with Gasteiger partial charge in [0.15, 0.2) is 11.6 Å². The van der Waals surface area contributed by atoms with Gasteiger partial charge in [-0.15, -0.1) is 0 Å². The molecule has 4 heteroatoms. The summed E-state index contributed by atoms with van der Waals surface area (Å²) in [6.07, 6.45) is 0. The Morgan fingerprint density at radius 1 is 0.356 bits per heavy atom. The Bertz CT molecular complexity index is 3560. The summed E-state index contributed by atoms with van der Waals surface area (Å²) in [6.45, 7) is 0. The van der Waals surface area contributed by atoms with Crippen LogP contribution in [0, 0.1) is 0 Å². The van der Waals surface area contributed by atoms with Gasteiger partial charge >= 0.3 is 0 Å². The molecule has 0 amide bonds. The zero-order valence-electron chi connectivity index (χ0n) is 36.7. The largest absolute Gasteiger partial charge is 0.278 e. The zero-order valence-corrected chi connectivity index (χ0v) is 31.7. The fourth-order valence-electron chi connectivity index (χ4n) is 8.14. The minimum Gasteiger partial charge on any atom is -0.278 e. The van der Waals surface area contributed by atoms with E-state index in [0.717, 1.165) is 60.6 Å². The van der Waals surface area contributed by atoms with E-state index < -0.39 is 6.04 Å². The summed E-state index contributed by atoms with van der Waals surface area (Å²) in [5, 5.41) is 4.07. The lowest BCUT2D eigenvalue weighted by molar-refractivity contribution is 0.953. The monoisotopic (exact) mass is 757 g/mol. The van der Waals surface area contributed by atoms with E-state index in [1.165, 1.54) is 16.5 Å². The highest BCUT2D eigenvalue weighted by molar-refractivity contribution is 6.10. The number of para-hydroxylation sites is 1. The first-order valence-corrected chi connectivity index (χ1v) is 19.5. The predicted octanol–water partition coefficient (Wildman–Crippen LogP) is 14.1. The molecular formula is C55H36N4. The maximum absolute atomic E-state index is 8.66. The van der Waals surface area contributed by atoms with Gasteiger partial charge in [0.2, 0.25) is 5.95 Å². The number of benzene rings is 9. The van der Waals surface area contributed by atoms with E-state index in [0.29, 0.717) is 23.2 Å². The Labute approximate surface area is 349 Å². The quantitative estimate of drug-likeness (QED) is 0.163. The molecule has 0 aliphatic carbocycles. The van der Waals surface area contributed by atoms with Crippen LogP contribution in [0.3, 0.4) is 0 Å². The second-order valence-electron chi connectivity index (χ2n) is 14.5. The number of rotatable bonds is 7. The number of aromatic nitrogens is 4. The van der Waals surface area contributed by atoms with Gasteiger partial charge in [-0.1, -0.05) is 200 Å². The van der Waals surface area contributed by atoms with Crippen molar-refractivity contribution in [2.75, 3.05) is 0 Å². The lowest BCUT2D eigenvalue weighted by Gasteiger charge is -2.14. The second-order valence-corrected chi connectivity index (χ2v) is 14.5. The molecular weight excluding hydrogens is 717 g/mol. The van der Waals surface area contributed by atoms with Crippen molar-refractivity contribution < 1.29 is 6.85 Å². The van der Waals surface area contributed by atoms with Crippen LogP contribution in [0.25, 0.3) is 106 Å². The van der Waals surface area contributed by atoms with Crippen LogP contribution in [0.1, 0.15) is 6.85 Å². The number of nitrogens with zero attached hydrogens (tertiary/aromatic N) is 4. The lowest BCUT2D eigenvalue weighted by Crippen LogP contribution is -2.06. The van der Waals surface area contributed by atoms with E-state index in [-0.39, 0.29) is 29.7 Å². The van der Waals surface area contributed by atoms with Crippen molar-refractivity contribution in [2.24, 2.45) is 0 Å². The van der Waals surface area contributed by atoms with E-state index in [9.17, 15) is 0 Å². The van der Waals surface area contributed by atoms with E-state index in [1.807, 2.05) is 77.4 Å². The van der Waals surface area contributed by atoms with Gasteiger partial charge in [0.1, 0.15) is 0 Å². The van der Waals surface area contributed by atoms with Gasteiger partial charge in [-0.05, 0) is 73.5 Å². The molecule has 0 N–H and O–H groups in total. The Morgan fingerprint density at radius 2 is 0.864 bits per heavy atom. The Hall–Kier alpha value is -7.95. The van der Waals surface area contributed by atoms with E-state index in [1.54, 1.807) is 6.07 Å². The second kappa shape index (κ2) is 14.5. The minimum atomic E-state index is -0.422. The molecule has 276 valence electrons. The highest BCUT2D eigenvalue weighted by Gasteiger charge is 2.19. The van der Waals surface area contributed by atoms with Crippen LogP contribution >= 0.6 is 0 Å². The summed E-state index contributed by atoms with van der Waals surface area (Å²) >= 11 is 0. The lowest BCUT2D eigenvalue weighted by atomic mass is 9.90. The molecule has 0 atom stereocenters. The molecule has 4 nitrogen and oxygen atoms in total. The van der Waals surface area contributed by atoms with Crippen LogP contribution in [0.5, 0.6) is 0 Å². The van der Waals surface area contributed by atoms with Gasteiger partial charge in [-0.25, -0.2) is 4.98 Å². The molecule has 2 heterocycles. The van der Waals surface area contributed by atoms with Crippen LogP contribution in [0.4, 0.5) is 0 Å². The highest BCUT2D eigenvalue weighted by atomic mass is 15.2. The van der Waals surface area contributed by atoms with Gasteiger partial charge in [0.25, 0.3) is 0 Å². The number of hydrogen-bond acceptors (Lipinski definition) is 3. The summed E-state index contributed by atoms with van der Waals surface area (Å²) in [7, 11) is 0. The summed E-state index contributed by atoms with van der Waals surface area (Å²) in [5.74, 6) is 1.45. The standard InChI is InChI=1S/C55H36N4/c1-4-14-37(15-5-1)39-26-28-40(29-27-39)46-23-12-20-42-21-13-24-47(52(42)46)41-30-32-44(33-31-41)54-56-53(43-18-8-3-9-19-43)57-55(58-54)59-50-25-11-10-22-48(50)49-36-45(34-35-51(49)59)38-16-6-2-7-17-38/h1-36H/i2D,6D,7D,16D,17D. The normalized spacial score (nSPS) is 12.6. The Balaban J connectivity index is 1.03. The molecule has 0 bridgehead atoms. The van der Waals surface area contributed by atoms with Crippen molar-refractivity contribution in [1.82, 2.24) is 19.5 Å². The van der Waals surface area contributed by atoms with Crippen LogP contribution in [-0.4, -0.2) is 19.5 Å². The minimum absolute atomic E-state index is 0.152. The van der Waals surface area contributed by atoms with Gasteiger partial charge in [0, 0.05) is 21.9 Å². The number of hydrogen-bond donors (Lipinski definition) is 0. The molecule has 11 rings (SSSR count). The molecule has 0 saturated carbocycles. The van der Waals surface area contributed by atoms with Crippen LogP contribution in [-0.2, 0) is 0 Å². The van der Waals surface area contributed by atoms with Crippen molar-refractivity contribution in [3.05, 3.63) is 218 Å². The van der Waals surface area contributed by atoms with Gasteiger partial charge < -0.3 is 0 Å².